The Hall–Kier alpha value is -3.12. The van der Waals surface area contributed by atoms with Gasteiger partial charge in [0.25, 0.3) is 0 Å². The molecule has 2 heterocycles. The van der Waals surface area contributed by atoms with Gasteiger partial charge >= 0.3 is 5.97 Å². The molecule has 25 heavy (non-hydrogen) atoms. The molecule has 6 heteroatoms. The number of carbonyl (C=O) groups excluding carboxylic acids is 1. The van der Waals surface area contributed by atoms with Gasteiger partial charge < -0.3 is 19.6 Å². The van der Waals surface area contributed by atoms with Gasteiger partial charge in [0.2, 0.25) is 0 Å². The fourth-order valence-corrected chi connectivity index (χ4v) is 2.25. The number of pyridine rings is 1. The lowest BCUT2D eigenvalue weighted by molar-refractivity contribution is 0.0434. The standard InChI is InChI=1S/C19H18N2O4/c1-13-2-4-15(5-3-13)25-16-6-7-20-18(11-16)17-10-14(12-21-17)19(23)24-9-8-22/h2-7,10-12,21-22H,8-9H2,1H3. The summed E-state index contributed by atoms with van der Waals surface area (Å²) in [7, 11) is 0. The van der Waals surface area contributed by atoms with Gasteiger partial charge in [-0.3, -0.25) is 4.98 Å². The van der Waals surface area contributed by atoms with Gasteiger partial charge in [0.15, 0.2) is 0 Å². The van der Waals surface area contributed by atoms with E-state index in [0.29, 0.717) is 22.7 Å². The molecule has 128 valence electrons. The van der Waals surface area contributed by atoms with Gasteiger partial charge in [-0.1, -0.05) is 17.7 Å². The largest absolute Gasteiger partial charge is 0.460 e. The van der Waals surface area contributed by atoms with Gasteiger partial charge in [0, 0.05) is 18.5 Å². The molecular formula is C19H18N2O4. The van der Waals surface area contributed by atoms with Crippen LogP contribution in [0.15, 0.2) is 54.9 Å². The lowest BCUT2D eigenvalue weighted by atomic mass is 10.2. The molecule has 0 aliphatic rings. The molecule has 2 N–H and O–H groups in total. The third-order valence-electron chi connectivity index (χ3n) is 3.51. The number of nitrogens with one attached hydrogen (secondary N) is 1. The van der Waals surface area contributed by atoms with Crippen LogP contribution in [0.4, 0.5) is 0 Å². The summed E-state index contributed by atoms with van der Waals surface area (Å²) in [6.07, 6.45) is 3.19. The molecule has 0 aliphatic carbocycles. The smallest absolute Gasteiger partial charge is 0.339 e. The number of aliphatic hydroxyl groups excluding tert-OH is 1. The number of carbonyl (C=O) groups is 1. The molecule has 0 saturated carbocycles. The third kappa shape index (κ3) is 4.24. The minimum atomic E-state index is -0.497. The molecule has 0 radical (unpaired) electrons. The first kappa shape index (κ1) is 16.7. The van der Waals surface area contributed by atoms with Crippen molar-refractivity contribution in [2.24, 2.45) is 0 Å². The molecular weight excluding hydrogens is 320 g/mol. The third-order valence-corrected chi connectivity index (χ3v) is 3.51. The van der Waals surface area contributed by atoms with Crippen LogP contribution in [0, 0.1) is 6.92 Å². The molecule has 1 aromatic carbocycles. The summed E-state index contributed by atoms with van der Waals surface area (Å²) >= 11 is 0. The number of ether oxygens (including phenoxy) is 2. The van der Waals surface area contributed by atoms with Crippen LogP contribution in [-0.4, -0.2) is 34.3 Å². The molecule has 3 rings (SSSR count). The Labute approximate surface area is 145 Å². The van der Waals surface area contributed by atoms with Crippen LogP contribution < -0.4 is 4.74 Å². The van der Waals surface area contributed by atoms with Crippen molar-refractivity contribution in [3.05, 3.63) is 66.0 Å². The van der Waals surface area contributed by atoms with Crippen LogP contribution in [-0.2, 0) is 4.74 Å². The molecule has 0 atom stereocenters. The first-order chi connectivity index (χ1) is 12.2. The van der Waals surface area contributed by atoms with E-state index < -0.39 is 5.97 Å². The second kappa shape index (κ2) is 7.63. The Morgan fingerprint density at radius 3 is 2.72 bits per heavy atom. The van der Waals surface area contributed by atoms with Crippen molar-refractivity contribution >= 4 is 5.97 Å². The first-order valence-electron chi connectivity index (χ1n) is 7.83. The number of H-pyrrole nitrogens is 1. The molecule has 3 aromatic rings. The van der Waals surface area contributed by atoms with E-state index in [1.807, 2.05) is 31.2 Å². The average molecular weight is 338 g/mol. The van der Waals surface area contributed by atoms with Crippen molar-refractivity contribution in [3.63, 3.8) is 0 Å². The van der Waals surface area contributed by atoms with Crippen LogP contribution in [0.1, 0.15) is 15.9 Å². The zero-order valence-electron chi connectivity index (χ0n) is 13.7. The number of rotatable bonds is 6. The molecule has 0 aliphatic heterocycles. The Kier molecular flexibility index (Phi) is 5.11. The summed E-state index contributed by atoms with van der Waals surface area (Å²) in [6, 6.07) is 13.0. The minimum absolute atomic E-state index is 0.0303. The number of nitrogens with zero attached hydrogens (tertiary/aromatic N) is 1. The number of hydrogen-bond donors (Lipinski definition) is 2. The molecule has 0 fully saturated rings. The summed E-state index contributed by atoms with van der Waals surface area (Å²) in [5.41, 5.74) is 2.85. The highest BCUT2D eigenvalue weighted by molar-refractivity contribution is 5.90. The number of esters is 1. The van der Waals surface area contributed by atoms with Gasteiger partial charge in [0.1, 0.15) is 18.1 Å². The van der Waals surface area contributed by atoms with Crippen LogP contribution in [0.25, 0.3) is 11.4 Å². The maximum absolute atomic E-state index is 11.8. The second-order valence-corrected chi connectivity index (χ2v) is 5.45. The summed E-state index contributed by atoms with van der Waals surface area (Å²) in [4.78, 5) is 19.1. The molecule has 0 unspecified atom stereocenters. The molecule has 0 spiro atoms. The van der Waals surface area contributed by atoms with E-state index >= 15 is 0 Å². The number of aromatic amines is 1. The SMILES string of the molecule is Cc1ccc(Oc2ccnc(-c3cc(C(=O)OCCO)c[nH]3)c2)cc1. The highest BCUT2D eigenvalue weighted by atomic mass is 16.5. The number of benzene rings is 1. The van der Waals surface area contributed by atoms with E-state index in [2.05, 4.69) is 9.97 Å². The summed E-state index contributed by atoms with van der Waals surface area (Å²) < 4.78 is 10.7. The summed E-state index contributed by atoms with van der Waals surface area (Å²) in [5, 5.41) is 8.70. The molecule has 0 saturated heterocycles. The van der Waals surface area contributed by atoms with E-state index in [1.165, 1.54) is 0 Å². The van der Waals surface area contributed by atoms with Crippen molar-refractivity contribution < 1.29 is 19.4 Å². The highest BCUT2D eigenvalue weighted by Gasteiger charge is 2.12. The number of aryl methyl sites for hydroxylation is 1. The van der Waals surface area contributed by atoms with E-state index in [4.69, 9.17) is 14.6 Å². The first-order valence-corrected chi connectivity index (χ1v) is 7.83. The average Bonchev–Trinajstić information content (AvgIpc) is 3.12. The van der Waals surface area contributed by atoms with Gasteiger partial charge in [-0.25, -0.2) is 4.79 Å². The van der Waals surface area contributed by atoms with E-state index in [-0.39, 0.29) is 13.2 Å². The van der Waals surface area contributed by atoms with E-state index in [1.54, 1.807) is 30.6 Å². The van der Waals surface area contributed by atoms with Gasteiger partial charge in [-0.15, -0.1) is 0 Å². The maximum atomic E-state index is 11.8. The minimum Gasteiger partial charge on any atom is -0.460 e. The fraction of sp³-hybridized carbons (Fsp3) is 0.158. The predicted octanol–water partition coefficient (Wildman–Crippen LogP) is 3.33. The molecule has 2 aromatic heterocycles. The number of aliphatic hydroxyl groups is 1. The van der Waals surface area contributed by atoms with Crippen LogP contribution in [0.3, 0.4) is 0 Å². The van der Waals surface area contributed by atoms with Gasteiger partial charge in [0.05, 0.1) is 23.6 Å². The summed E-state index contributed by atoms with van der Waals surface area (Å²) in [5.74, 6) is 0.888. The Balaban J connectivity index is 1.76. The van der Waals surface area contributed by atoms with Crippen molar-refractivity contribution in [3.8, 4) is 22.9 Å². The fourth-order valence-electron chi connectivity index (χ4n) is 2.25. The normalized spacial score (nSPS) is 10.5. The lowest BCUT2D eigenvalue weighted by Gasteiger charge is -2.07. The lowest BCUT2D eigenvalue weighted by Crippen LogP contribution is -2.07. The number of hydrogen-bond acceptors (Lipinski definition) is 5. The Bertz CT molecular complexity index is 856. The maximum Gasteiger partial charge on any atom is 0.339 e. The van der Waals surface area contributed by atoms with Crippen LogP contribution >= 0.6 is 0 Å². The highest BCUT2D eigenvalue weighted by Crippen LogP contribution is 2.25. The van der Waals surface area contributed by atoms with Gasteiger partial charge in [-0.05, 0) is 31.2 Å². The van der Waals surface area contributed by atoms with Crippen molar-refractivity contribution in [1.82, 2.24) is 9.97 Å². The van der Waals surface area contributed by atoms with Crippen molar-refractivity contribution in [2.75, 3.05) is 13.2 Å². The Morgan fingerprint density at radius 2 is 1.96 bits per heavy atom. The molecule has 0 bridgehead atoms. The van der Waals surface area contributed by atoms with Crippen molar-refractivity contribution in [2.45, 2.75) is 6.92 Å². The molecule has 0 amide bonds. The topological polar surface area (TPSA) is 84.4 Å². The summed E-state index contributed by atoms with van der Waals surface area (Å²) in [6.45, 7) is 1.78. The monoisotopic (exact) mass is 338 g/mol. The zero-order valence-corrected chi connectivity index (χ0v) is 13.7. The zero-order chi connectivity index (χ0) is 17.6. The van der Waals surface area contributed by atoms with E-state index in [9.17, 15) is 4.79 Å². The Morgan fingerprint density at radius 1 is 1.16 bits per heavy atom. The van der Waals surface area contributed by atoms with Crippen LogP contribution in [0.2, 0.25) is 0 Å². The van der Waals surface area contributed by atoms with Gasteiger partial charge in [-0.2, -0.15) is 0 Å². The second-order valence-electron chi connectivity index (χ2n) is 5.45. The quantitative estimate of drug-likeness (QED) is 0.674. The van der Waals surface area contributed by atoms with Crippen LogP contribution in [0.5, 0.6) is 11.5 Å². The number of aromatic nitrogens is 2. The predicted molar refractivity (Wildman–Crippen MR) is 92.6 cm³/mol. The molecule has 6 nitrogen and oxygen atoms in total. The van der Waals surface area contributed by atoms with Crippen molar-refractivity contribution in [1.29, 1.82) is 0 Å². The van der Waals surface area contributed by atoms with E-state index in [0.717, 1.165) is 11.3 Å².